The van der Waals surface area contributed by atoms with E-state index in [-0.39, 0.29) is 18.3 Å². The number of Topliss-reactive ketones (excluding diaryl/α,β-unsaturated/α-hetero) is 1. The lowest BCUT2D eigenvalue weighted by Crippen LogP contribution is -2.41. The molecule has 1 aromatic rings. The summed E-state index contributed by atoms with van der Waals surface area (Å²) in [4.78, 5) is 25.2. The van der Waals surface area contributed by atoms with Crippen LogP contribution in [0.4, 0.5) is 0 Å². The highest BCUT2D eigenvalue weighted by molar-refractivity contribution is 6.32. The Hall–Kier alpha value is -1.55. The number of carbonyl (C=O) groups is 2. The minimum atomic E-state index is -0.0539. The highest BCUT2D eigenvalue weighted by Gasteiger charge is 2.21. The zero-order valence-electron chi connectivity index (χ0n) is 12.4. The normalized spacial score (nSPS) is 18.4. The van der Waals surface area contributed by atoms with Crippen LogP contribution in [-0.4, -0.2) is 36.3 Å². The molecule has 0 aromatic heterocycles. The van der Waals surface area contributed by atoms with E-state index in [4.69, 9.17) is 16.3 Å². The monoisotopic (exact) mass is 309 g/mol. The molecule has 1 aliphatic heterocycles. The third-order valence-corrected chi connectivity index (χ3v) is 3.99. The number of likely N-dealkylation sites (tertiary alicyclic amines) is 1. The second kappa shape index (κ2) is 6.94. The fourth-order valence-electron chi connectivity index (χ4n) is 2.48. The van der Waals surface area contributed by atoms with Crippen LogP contribution < -0.4 is 4.74 Å². The van der Waals surface area contributed by atoms with Gasteiger partial charge in [-0.05, 0) is 43.9 Å². The van der Waals surface area contributed by atoms with E-state index >= 15 is 0 Å². The molecule has 0 N–H and O–H groups in total. The Bertz CT molecular complexity index is 544. The molecule has 0 aliphatic carbocycles. The maximum absolute atomic E-state index is 12.1. The van der Waals surface area contributed by atoms with Gasteiger partial charge in [0.1, 0.15) is 5.75 Å². The van der Waals surface area contributed by atoms with Crippen molar-refractivity contribution in [3.63, 3.8) is 0 Å². The van der Waals surface area contributed by atoms with Crippen molar-refractivity contribution in [2.45, 2.75) is 26.7 Å². The summed E-state index contributed by atoms with van der Waals surface area (Å²) < 4.78 is 5.49. The summed E-state index contributed by atoms with van der Waals surface area (Å²) in [7, 11) is 0. The molecule has 0 radical (unpaired) electrons. The minimum Gasteiger partial charge on any atom is -0.482 e. The molecule has 1 fully saturated rings. The van der Waals surface area contributed by atoms with Crippen LogP contribution in [0.25, 0.3) is 0 Å². The van der Waals surface area contributed by atoms with Crippen LogP contribution in [0.15, 0.2) is 18.2 Å². The lowest BCUT2D eigenvalue weighted by molar-refractivity contribution is -0.135. The molecule has 1 atom stereocenters. The van der Waals surface area contributed by atoms with Gasteiger partial charge in [-0.3, -0.25) is 9.59 Å². The second-order valence-corrected chi connectivity index (χ2v) is 5.98. The average Bonchev–Trinajstić information content (AvgIpc) is 2.45. The van der Waals surface area contributed by atoms with Gasteiger partial charge in [0.2, 0.25) is 0 Å². The number of ether oxygens (including phenoxy) is 1. The van der Waals surface area contributed by atoms with Crippen LogP contribution in [0.2, 0.25) is 5.02 Å². The molecule has 2 rings (SSSR count). The van der Waals surface area contributed by atoms with Gasteiger partial charge in [0.25, 0.3) is 5.91 Å². The lowest BCUT2D eigenvalue weighted by Gasteiger charge is -2.30. The van der Waals surface area contributed by atoms with Crippen molar-refractivity contribution in [2.75, 3.05) is 19.7 Å². The van der Waals surface area contributed by atoms with E-state index in [1.165, 1.54) is 13.3 Å². The summed E-state index contributed by atoms with van der Waals surface area (Å²) >= 11 is 6.06. The standard InChI is InChI=1S/C16H20ClNO3/c1-11-4-3-7-18(9-11)16(20)10-21-15-6-5-13(12(2)19)8-14(15)17/h5-6,8,11H,3-4,7,9-10H2,1-2H3/t11-/m1/s1. The van der Waals surface area contributed by atoms with Crippen molar-refractivity contribution in [3.8, 4) is 5.75 Å². The van der Waals surface area contributed by atoms with E-state index in [1.54, 1.807) is 18.2 Å². The van der Waals surface area contributed by atoms with Gasteiger partial charge >= 0.3 is 0 Å². The maximum Gasteiger partial charge on any atom is 0.260 e. The van der Waals surface area contributed by atoms with Crippen molar-refractivity contribution in [3.05, 3.63) is 28.8 Å². The van der Waals surface area contributed by atoms with Gasteiger partial charge < -0.3 is 9.64 Å². The van der Waals surface area contributed by atoms with Crippen molar-refractivity contribution < 1.29 is 14.3 Å². The van der Waals surface area contributed by atoms with Gasteiger partial charge in [-0.25, -0.2) is 0 Å². The molecule has 0 saturated carbocycles. The quantitative estimate of drug-likeness (QED) is 0.803. The average molecular weight is 310 g/mol. The fraction of sp³-hybridized carbons (Fsp3) is 0.500. The van der Waals surface area contributed by atoms with E-state index in [2.05, 4.69) is 6.92 Å². The Morgan fingerprint density at radius 2 is 2.19 bits per heavy atom. The van der Waals surface area contributed by atoms with E-state index in [9.17, 15) is 9.59 Å². The first-order valence-corrected chi connectivity index (χ1v) is 7.56. The van der Waals surface area contributed by atoms with Gasteiger partial charge in [0, 0.05) is 18.7 Å². The number of ketones is 1. The Balaban J connectivity index is 1.93. The number of halogens is 1. The largest absolute Gasteiger partial charge is 0.482 e. The Kier molecular flexibility index (Phi) is 5.23. The summed E-state index contributed by atoms with van der Waals surface area (Å²) in [6.07, 6.45) is 2.21. The Morgan fingerprint density at radius 1 is 1.43 bits per heavy atom. The number of benzene rings is 1. The third-order valence-electron chi connectivity index (χ3n) is 3.70. The van der Waals surface area contributed by atoms with E-state index in [1.807, 2.05) is 4.90 Å². The highest BCUT2D eigenvalue weighted by atomic mass is 35.5. The fourth-order valence-corrected chi connectivity index (χ4v) is 2.72. The number of carbonyl (C=O) groups excluding carboxylic acids is 2. The van der Waals surface area contributed by atoms with Crippen molar-refractivity contribution in [2.24, 2.45) is 5.92 Å². The van der Waals surface area contributed by atoms with Crippen molar-refractivity contribution >= 4 is 23.3 Å². The molecular formula is C16H20ClNO3. The Morgan fingerprint density at radius 3 is 2.81 bits per heavy atom. The number of piperidine rings is 1. The summed E-state index contributed by atoms with van der Waals surface area (Å²) in [6.45, 7) is 5.19. The van der Waals surface area contributed by atoms with Gasteiger partial charge in [-0.15, -0.1) is 0 Å². The number of rotatable bonds is 4. The minimum absolute atomic E-state index is 0.0201. The van der Waals surface area contributed by atoms with Gasteiger partial charge in [-0.1, -0.05) is 18.5 Å². The van der Waals surface area contributed by atoms with Gasteiger partial charge in [-0.2, -0.15) is 0 Å². The SMILES string of the molecule is CC(=O)c1ccc(OCC(=O)N2CCC[C@@H](C)C2)c(Cl)c1. The van der Waals surface area contributed by atoms with Crippen LogP contribution in [0, 0.1) is 5.92 Å². The van der Waals surface area contributed by atoms with E-state index < -0.39 is 0 Å². The molecule has 1 saturated heterocycles. The molecule has 5 heteroatoms. The molecular weight excluding hydrogens is 290 g/mol. The predicted molar refractivity (Wildman–Crippen MR) is 81.9 cm³/mol. The van der Waals surface area contributed by atoms with Gasteiger partial charge in [0.15, 0.2) is 12.4 Å². The molecule has 21 heavy (non-hydrogen) atoms. The van der Waals surface area contributed by atoms with Crippen molar-refractivity contribution in [1.29, 1.82) is 0 Å². The molecule has 4 nitrogen and oxygen atoms in total. The van der Waals surface area contributed by atoms with Crippen LogP contribution in [-0.2, 0) is 4.79 Å². The first-order chi connectivity index (χ1) is 9.97. The third kappa shape index (κ3) is 4.21. The molecule has 114 valence electrons. The van der Waals surface area contributed by atoms with E-state index in [0.29, 0.717) is 22.3 Å². The number of nitrogens with zero attached hydrogens (tertiary/aromatic N) is 1. The number of hydrogen-bond donors (Lipinski definition) is 0. The van der Waals surface area contributed by atoms with E-state index in [0.717, 1.165) is 19.5 Å². The zero-order valence-corrected chi connectivity index (χ0v) is 13.2. The molecule has 1 aliphatic rings. The number of hydrogen-bond acceptors (Lipinski definition) is 3. The summed E-state index contributed by atoms with van der Waals surface area (Å²) in [5.41, 5.74) is 0.531. The zero-order chi connectivity index (χ0) is 15.4. The van der Waals surface area contributed by atoms with Crippen LogP contribution in [0.1, 0.15) is 37.0 Å². The lowest BCUT2D eigenvalue weighted by atomic mass is 10.0. The summed E-state index contributed by atoms with van der Waals surface area (Å²) in [5.74, 6) is 0.899. The maximum atomic E-state index is 12.1. The molecule has 0 unspecified atom stereocenters. The highest BCUT2D eigenvalue weighted by Crippen LogP contribution is 2.26. The van der Waals surface area contributed by atoms with Crippen LogP contribution >= 0.6 is 11.6 Å². The molecule has 1 heterocycles. The topological polar surface area (TPSA) is 46.6 Å². The first kappa shape index (κ1) is 15.8. The molecule has 1 aromatic carbocycles. The molecule has 0 spiro atoms. The Labute approximate surface area is 130 Å². The predicted octanol–water partition coefficient (Wildman–Crippen LogP) is 3.18. The van der Waals surface area contributed by atoms with Gasteiger partial charge in [0.05, 0.1) is 5.02 Å². The first-order valence-electron chi connectivity index (χ1n) is 7.18. The second-order valence-electron chi connectivity index (χ2n) is 5.58. The summed E-state index contributed by atoms with van der Waals surface area (Å²) in [6, 6.07) is 4.84. The smallest absolute Gasteiger partial charge is 0.260 e. The van der Waals surface area contributed by atoms with Crippen LogP contribution in [0.5, 0.6) is 5.75 Å². The molecule has 0 bridgehead atoms. The molecule has 1 amide bonds. The van der Waals surface area contributed by atoms with Crippen LogP contribution in [0.3, 0.4) is 0 Å². The van der Waals surface area contributed by atoms with Crippen molar-refractivity contribution in [1.82, 2.24) is 4.90 Å². The summed E-state index contributed by atoms with van der Waals surface area (Å²) in [5, 5.41) is 0.350. The number of amides is 1.